The Hall–Kier alpha value is -1.35. The number of benzene rings is 1. The van der Waals surface area contributed by atoms with Crippen LogP contribution in [0.25, 0.3) is 0 Å². The third-order valence-corrected chi connectivity index (χ3v) is 2.59. The molecule has 1 aliphatic rings. The zero-order chi connectivity index (χ0) is 10.8. The molecule has 0 spiro atoms. The molecule has 0 saturated carbocycles. The molecule has 0 unspecified atom stereocenters. The van der Waals surface area contributed by atoms with Crippen LogP contribution in [0.2, 0.25) is 0 Å². The zero-order valence-electron chi connectivity index (χ0n) is 9.01. The van der Waals surface area contributed by atoms with Gasteiger partial charge in [0.05, 0.1) is 6.10 Å². The summed E-state index contributed by atoms with van der Waals surface area (Å²) in [6.07, 6.45) is -0.0993. The second kappa shape index (κ2) is 4.03. The lowest BCUT2D eigenvalue weighted by Crippen LogP contribution is -2.29. The SMILES string of the molecule is CC(=O)N1C[C@H](C)O[C@@H]1c1ccccc1. The Morgan fingerprint density at radius 1 is 1.40 bits per heavy atom. The van der Waals surface area contributed by atoms with Crippen LogP contribution in [0.3, 0.4) is 0 Å². The first-order valence-electron chi connectivity index (χ1n) is 5.16. The van der Waals surface area contributed by atoms with E-state index in [1.807, 2.05) is 37.3 Å². The molecule has 0 radical (unpaired) electrons. The molecule has 1 amide bonds. The molecule has 0 aliphatic carbocycles. The van der Waals surface area contributed by atoms with Gasteiger partial charge >= 0.3 is 0 Å². The summed E-state index contributed by atoms with van der Waals surface area (Å²) in [7, 11) is 0. The van der Waals surface area contributed by atoms with E-state index in [9.17, 15) is 4.79 Å². The monoisotopic (exact) mass is 205 g/mol. The third kappa shape index (κ3) is 2.02. The Balaban J connectivity index is 2.24. The molecule has 2 atom stereocenters. The van der Waals surface area contributed by atoms with Crippen molar-refractivity contribution in [3.63, 3.8) is 0 Å². The molecule has 1 aromatic carbocycles. The first-order chi connectivity index (χ1) is 7.18. The highest BCUT2D eigenvalue weighted by atomic mass is 16.5. The maximum absolute atomic E-state index is 11.4. The maximum Gasteiger partial charge on any atom is 0.221 e. The number of hydrogen-bond acceptors (Lipinski definition) is 2. The summed E-state index contributed by atoms with van der Waals surface area (Å²) in [6, 6.07) is 9.84. The molecular weight excluding hydrogens is 190 g/mol. The summed E-state index contributed by atoms with van der Waals surface area (Å²) >= 11 is 0. The molecular formula is C12H15NO2. The smallest absolute Gasteiger partial charge is 0.221 e. The molecule has 0 N–H and O–H groups in total. The van der Waals surface area contributed by atoms with Crippen molar-refractivity contribution in [2.75, 3.05) is 6.54 Å². The largest absolute Gasteiger partial charge is 0.349 e. The summed E-state index contributed by atoms with van der Waals surface area (Å²) < 4.78 is 5.73. The fourth-order valence-corrected chi connectivity index (χ4v) is 1.88. The zero-order valence-corrected chi connectivity index (χ0v) is 9.01. The van der Waals surface area contributed by atoms with E-state index in [-0.39, 0.29) is 18.2 Å². The van der Waals surface area contributed by atoms with Crippen molar-refractivity contribution in [3.8, 4) is 0 Å². The van der Waals surface area contributed by atoms with E-state index < -0.39 is 0 Å². The van der Waals surface area contributed by atoms with Gasteiger partial charge in [0, 0.05) is 19.0 Å². The summed E-state index contributed by atoms with van der Waals surface area (Å²) in [5.74, 6) is 0.0632. The van der Waals surface area contributed by atoms with Crippen LogP contribution in [0.15, 0.2) is 30.3 Å². The van der Waals surface area contributed by atoms with Gasteiger partial charge in [-0.15, -0.1) is 0 Å². The Morgan fingerprint density at radius 2 is 2.07 bits per heavy atom. The molecule has 1 fully saturated rings. The van der Waals surface area contributed by atoms with Crippen molar-refractivity contribution >= 4 is 5.91 Å². The van der Waals surface area contributed by atoms with Crippen LogP contribution in [-0.2, 0) is 9.53 Å². The first kappa shape index (κ1) is 10.2. The number of ether oxygens (including phenoxy) is 1. The Morgan fingerprint density at radius 3 is 2.67 bits per heavy atom. The molecule has 1 heterocycles. The summed E-state index contributed by atoms with van der Waals surface area (Å²) in [6.45, 7) is 4.24. The Labute approximate surface area is 89.7 Å². The van der Waals surface area contributed by atoms with Gasteiger partial charge < -0.3 is 9.64 Å². The highest BCUT2D eigenvalue weighted by Gasteiger charge is 2.32. The van der Waals surface area contributed by atoms with E-state index in [4.69, 9.17) is 4.74 Å². The van der Waals surface area contributed by atoms with E-state index in [1.54, 1.807) is 11.8 Å². The van der Waals surface area contributed by atoms with Gasteiger partial charge in [-0.25, -0.2) is 0 Å². The van der Waals surface area contributed by atoms with Crippen LogP contribution in [0.1, 0.15) is 25.6 Å². The average Bonchev–Trinajstić information content (AvgIpc) is 2.62. The third-order valence-electron chi connectivity index (χ3n) is 2.59. The predicted molar refractivity (Wildman–Crippen MR) is 57.1 cm³/mol. The van der Waals surface area contributed by atoms with E-state index in [0.29, 0.717) is 6.54 Å². The van der Waals surface area contributed by atoms with Crippen molar-refractivity contribution in [1.82, 2.24) is 4.90 Å². The van der Waals surface area contributed by atoms with Crippen LogP contribution in [0.4, 0.5) is 0 Å². The Kier molecular flexibility index (Phi) is 2.73. The normalized spacial score (nSPS) is 25.6. The van der Waals surface area contributed by atoms with Crippen LogP contribution in [0.5, 0.6) is 0 Å². The van der Waals surface area contributed by atoms with Gasteiger partial charge in [0.1, 0.15) is 0 Å². The second-order valence-corrected chi connectivity index (χ2v) is 3.88. The molecule has 15 heavy (non-hydrogen) atoms. The van der Waals surface area contributed by atoms with Gasteiger partial charge in [-0.05, 0) is 6.92 Å². The van der Waals surface area contributed by atoms with Crippen molar-refractivity contribution in [2.24, 2.45) is 0 Å². The quantitative estimate of drug-likeness (QED) is 0.701. The van der Waals surface area contributed by atoms with E-state index in [1.165, 1.54) is 0 Å². The van der Waals surface area contributed by atoms with Crippen LogP contribution in [0, 0.1) is 0 Å². The minimum absolute atomic E-state index is 0.0632. The predicted octanol–water partition coefficient (Wildman–Crippen LogP) is 1.95. The number of hydrogen-bond donors (Lipinski definition) is 0. The van der Waals surface area contributed by atoms with Gasteiger partial charge in [0.15, 0.2) is 6.23 Å². The molecule has 80 valence electrons. The van der Waals surface area contributed by atoms with Gasteiger partial charge in [0.25, 0.3) is 0 Å². The van der Waals surface area contributed by atoms with Crippen LogP contribution in [-0.4, -0.2) is 23.5 Å². The van der Waals surface area contributed by atoms with E-state index in [0.717, 1.165) is 5.56 Å². The topological polar surface area (TPSA) is 29.5 Å². The Bertz CT molecular complexity index is 350. The lowest BCUT2D eigenvalue weighted by Gasteiger charge is -2.21. The summed E-state index contributed by atoms with van der Waals surface area (Å²) in [4.78, 5) is 13.2. The fourth-order valence-electron chi connectivity index (χ4n) is 1.88. The highest BCUT2D eigenvalue weighted by Crippen LogP contribution is 2.29. The number of nitrogens with zero attached hydrogens (tertiary/aromatic N) is 1. The average molecular weight is 205 g/mol. The number of amides is 1. The van der Waals surface area contributed by atoms with Crippen LogP contribution < -0.4 is 0 Å². The number of carbonyl (C=O) groups excluding carboxylic acids is 1. The van der Waals surface area contributed by atoms with Crippen molar-refractivity contribution in [3.05, 3.63) is 35.9 Å². The molecule has 3 nitrogen and oxygen atoms in total. The van der Waals surface area contributed by atoms with Gasteiger partial charge in [-0.2, -0.15) is 0 Å². The first-order valence-corrected chi connectivity index (χ1v) is 5.16. The molecule has 0 aromatic heterocycles. The van der Waals surface area contributed by atoms with E-state index >= 15 is 0 Å². The second-order valence-electron chi connectivity index (χ2n) is 3.88. The molecule has 1 aliphatic heterocycles. The molecule has 1 saturated heterocycles. The molecule has 0 bridgehead atoms. The number of rotatable bonds is 1. The molecule has 3 heteroatoms. The molecule has 2 rings (SSSR count). The van der Waals surface area contributed by atoms with Crippen LogP contribution >= 0.6 is 0 Å². The minimum atomic E-state index is -0.210. The van der Waals surface area contributed by atoms with E-state index in [2.05, 4.69) is 0 Å². The van der Waals surface area contributed by atoms with Gasteiger partial charge in [0.2, 0.25) is 5.91 Å². The van der Waals surface area contributed by atoms with Crippen molar-refractivity contribution in [1.29, 1.82) is 0 Å². The van der Waals surface area contributed by atoms with Crippen molar-refractivity contribution in [2.45, 2.75) is 26.2 Å². The number of carbonyl (C=O) groups is 1. The van der Waals surface area contributed by atoms with Crippen molar-refractivity contribution < 1.29 is 9.53 Å². The minimum Gasteiger partial charge on any atom is -0.349 e. The maximum atomic E-state index is 11.4. The summed E-state index contributed by atoms with van der Waals surface area (Å²) in [5.41, 5.74) is 1.04. The standard InChI is InChI=1S/C12H15NO2/c1-9-8-13(10(2)14)12(15-9)11-6-4-3-5-7-11/h3-7,9,12H,8H2,1-2H3/t9-,12+/m0/s1. The van der Waals surface area contributed by atoms with Gasteiger partial charge in [-0.3, -0.25) is 4.79 Å². The fraction of sp³-hybridized carbons (Fsp3) is 0.417. The summed E-state index contributed by atoms with van der Waals surface area (Å²) in [5, 5.41) is 0. The van der Waals surface area contributed by atoms with Gasteiger partial charge in [-0.1, -0.05) is 30.3 Å². The highest BCUT2D eigenvalue weighted by molar-refractivity contribution is 5.74. The lowest BCUT2D eigenvalue weighted by atomic mass is 10.2. The lowest BCUT2D eigenvalue weighted by molar-refractivity contribution is -0.134. The molecule has 1 aromatic rings.